The molecule has 0 aromatic heterocycles. The summed E-state index contributed by atoms with van der Waals surface area (Å²) in [6.45, 7) is 1.84. The Kier molecular flexibility index (Phi) is 3.87. The number of hydrogen-bond acceptors (Lipinski definition) is 2. The van der Waals surface area contributed by atoms with Gasteiger partial charge in [-0.15, -0.1) is 0 Å². The molecule has 1 fully saturated rings. The van der Waals surface area contributed by atoms with Crippen LogP contribution in [0.3, 0.4) is 0 Å². The van der Waals surface area contributed by atoms with E-state index in [1.165, 1.54) is 17.9 Å². The predicted octanol–water partition coefficient (Wildman–Crippen LogP) is 3.14. The van der Waals surface area contributed by atoms with Gasteiger partial charge in [-0.3, -0.25) is 4.79 Å². The first-order chi connectivity index (χ1) is 8.80. The number of ether oxygens (including phenoxy) is 1. The van der Waals surface area contributed by atoms with Crippen LogP contribution in [0.15, 0.2) is 16.6 Å². The minimum Gasteiger partial charge on any atom is -0.370 e. The fraction of sp³-hybridized carbons (Fsp3) is 0.417. The second-order valence-corrected chi connectivity index (χ2v) is 5.11. The topological polar surface area (TPSA) is 29.5 Å². The van der Waals surface area contributed by atoms with Gasteiger partial charge in [-0.1, -0.05) is 15.9 Å². The van der Waals surface area contributed by atoms with Gasteiger partial charge in [-0.25, -0.2) is 0 Å². The van der Waals surface area contributed by atoms with Crippen molar-refractivity contribution in [1.82, 2.24) is 0 Å². The average molecular weight is 338 g/mol. The van der Waals surface area contributed by atoms with E-state index in [0.29, 0.717) is 11.1 Å². The Morgan fingerprint density at radius 1 is 1.37 bits per heavy atom. The second-order valence-electron chi connectivity index (χ2n) is 4.19. The second kappa shape index (κ2) is 5.13. The highest BCUT2D eigenvalue weighted by Gasteiger charge is 2.35. The third-order valence-electron chi connectivity index (χ3n) is 2.93. The van der Waals surface area contributed by atoms with Crippen LogP contribution >= 0.6 is 15.9 Å². The maximum absolute atomic E-state index is 12.9. The molecule has 0 atom stereocenters. The minimum absolute atomic E-state index is 0.0472. The van der Waals surface area contributed by atoms with E-state index in [4.69, 9.17) is 4.74 Å². The zero-order valence-electron chi connectivity index (χ0n) is 10.1. The summed E-state index contributed by atoms with van der Waals surface area (Å²) >= 11 is 3.06. The number of carbonyl (C=O) groups excluding carboxylic acids is 1. The SMILES string of the molecule is Cc1c(N2CCOCC2=O)cc(Br)cc1C(F)(F)F. The number of amides is 1. The molecule has 1 aliphatic heterocycles. The number of carbonyl (C=O) groups is 1. The van der Waals surface area contributed by atoms with Gasteiger partial charge in [0.15, 0.2) is 0 Å². The molecule has 0 unspecified atom stereocenters. The van der Waals surface area contributed by atoms with Crippen LogP contribution in [-0.4, -0.2) is 25.7 Å². The number of morpholine rings is 1. The Morgan fingerprint density at radius 2 is 2.05 bits per heavy atom. The smallest absolute Gasteiger partial charge is 0.370 e. The number of nitrogens with zero attached hydrogens (tertiary/aromatic N) is 1. The summed E-state index contributed by atoms with van der Waals surface area (Å²) in [5.74, 6) is -0.333. The highest BCUT2D eigenvalue weighted by atomic mass is 79.9. The maximum Gasteiger partial charge on any atom is 0.416 e. The number of anilines is 1. The summed E-state index contributed by atoms with van der Waals surface area (Å²) < 4.78 is 44.0. The molecular formula is C12H11BrF3NO2. The van der Waals surface area contributed by atoms with Gasteiger partial charge in [-0.2, -0.15) is 13.2 Å². The first kappa shape index (κ1) is 14.3. The zero-order chi connectivity index (χ0) is 14.2. The van der Waals surface area contributed by atoms with E-state index in [9.17, 15) is 18.0 Å². The molecule has 0 N–H and O–H groups in total. The average Bonchev–Trinajstić information content (AvgIpc) is 2.31. The molecule has 1 amide bonds. The van der Waals surface area contributed by atoms with E-state index in [1.807, 2.05) is 0 Å². The van der Waals surface area contributed by atoms with Gasteiger partial charge in [0.05, 0.1) is 12.2 Å². The quantitative estimate of drug-likeness (QED) is 0.787. The monoisotopic (exact) mass is 337 g/mol. The molecule has 7 heteroatoms. The Balaban J connectivity index is 2.51. The van der Waals surface area contributed by atoms with Crippen molar-refractivity contribution in [2.45, 2.75) is 13.1 Å². The van der Waals surface area contributed by atoms with Crippen LogP contribution in [0.2, 0.25) is 0 Å². The lowest BCUT2D eigenvalue weighted by molar-refractivity contribution is -0.138. The molecular weight excluding hydrogens is 327 g/mol. The van der Waals surface area contributed by atoms with Gasteiger partial charge >= 0.3 is 6.18 Å². The van der Waals surface area contributed by atoms with E-state index < -0.39 is 11.7 Å². The Morgan fingerprint density at radius 3 is 2.63 bits per heavy atom. The third-order valence-corrected chi connectivity index (χ3v) is 3.38. The highest BCUT2D eigenvalue weighted by Crippen LogP contribution is 2.38. The largest absolute Gasteiger partial charge is 0.416 e. The number of rotatable bonds is 1. The van der Waals surface area contributed by atoms with Crippen molar-refractivity contribution < 1.29 is 22.7 Å². The molecule has 1 aromatic carbocycles. The van der Waals surface area contributed by atoms with Crippen molar-refractivity contribution in [1.29, 1.82) is 0 Å². The maximum atomic E-state index is 12.9. The van der Waals surface area contributed by atoms with Crippen molar-refractivity contribution in [2.75, 3.05) is 24.7 Å². The lowest BCUT2D eigenvalue weighted by atomic mass is 10.1. The first-order valence-corrected chi connectivity index (χ1v) is 6.35. The van der Waals surface area contributed by atoms with Gasteiger partial charge < -0.3 is 9.64 Å². The van der Waals surface area contributed by atoms with Crippen molar-refractivity contribution in [3.63, 3.8) is 0 Å². The lowest BCUT2D eigenvalue weighted by Gasteiger charge is -2.29. The van der Waals surface area contributed by atoms with Crippen LogP contribution in [0.1, 0.15) is 11.1 Å². The molecule has 1 aromatic rings. The van der Waals surface area contributed by atoms with Gasteiger partial charge in [0, 0.05) is 16.7 Å². The molecule has 0 saturated carbocycles. The van der Waals surface area contributed by atoms with Gasteiger partial charge in [-0.05, 0) is 24.6 Å². The molecule has 0 bridgehead atoms. The van der Waals surface area contributed by atoms with Gasteiger partial charge in [0.25, 0.3) is 5.91 Å². The Bertz CT molecular complexity index is 516. The molecule has 0 spiro atoms. The van der Waals surface area contributed by atoms with Crippen LogP contribution in [0, 0.1) is 6.92 Å². The zero-order valence-corrected chi connectivity index (χ0v) is 11.6. The normalized spacial score (nSPS) is 16.9. The number of benzene rings is 1. The summed E-state index contributed by atoms with van der Waals surface area (Å²) in [5, 5.41) is 0. The van der Waals surface area contributed by atoms with E-state index >= 15 is 0 Å². The summed E-state index contributed by atoms with van der Waals surface area (Å²) in [6.07, 6.45) is -4.45. The van der Waals surface area contributed by atoms with E-state index in [0.717, 1.165) is 6.07 Å². The first-order valence-electron chi connectivity index (χ1n) is 5.56. The fourth-order valence-electron chi connectivity index (χ4n) is 2.01. The van der Waals surface area contributed by atoms with Crippen molar-refractivity contribution >= 4 is 27.5 Å². The molecule has 0 radical (unpaired) electrons. The van der Waals surface area contributed by atoms with Crippen LogP contribution in [0.25, 0.3) is 0 Å². The summed E-state index contributed by atoms with van der Waals surface area (Å²) in [6, 6.07) is 2.54. The van der Waals surface area contributed by atoms with Crippen LogP contribution in [0.5, 0.6) is 0 Å². The predicted molar refractivity (Wildman–Crippen MR) is 67.1 cm³/mol. The molecule has 1 saturated heterocycles. The fourth-order valence-corrected chi connectivity index (χ4v) is 2.46. The number of alkyl halides is 3. The molecule has 2 rings (SSSR count). The molecule has 1 heterocycles. The Labute approximate surface area is 116 Å². The van der Waals surface area contributed by atoms with Crippen molar-refractivity contribution in [3.8, 4) is 0 Å². The summed E-state index contributed by atoms with van der Waals surface area (Å²) in [4.78, 5) is 13.1. The van der Waals surface area contributed by atoms with Crippen LogP contribution in [-0.2, 0) is 15.7 Å². The minimum atomic E-state index is -4.45. The van der Waals surface area contributed by atoms with Crippen LogP contribution in [0.4, 0.5) is 18.9 Å². The van der Waals surface area contributed by atoms with E-state index in [1.54, 1.807) is 0 Å². The molecule has 104 valence electrons. The van der Waals surface area contributed by atoms with Crippen molar-refractivity contribution in [2.24, 2.45) is 0 Å². The highest BCUT2D eigenvalue weighted by molar-refractivity contribution is 9.10. The van der Waals surface area contributed by atoms with Crippen molar-refractivity contribution in [3.05, 3.63) is 27.7 Å². The summed E-state index contributed by atoms with van der Waals surface area (Å²) in [5.41, 5.74) is -0.419. The number of halogens is 4. The molecule has 1 aliphatic rings. The third kappa shape index (κ3) is 2.92. The summed E-state index contributed by atoms with van der Waals surface area (Å²) in [7, 11) is 0. The molecule has 0 aliphatic carbocycles. The lowest BCUT2D eigenvalue weighted by Crippen LogP contribution is -2.42. The standard InChI is InChI=1S/C12H11BrF3NO2/c1-7-9(12(14,15)16)4-8(13)5-10(7)17-2-3-19-6-11(17)18/h4-5H,2-3,6H2,1H3. The number of hydrogen-bond donors (Lipinski definition) is 0. The molecule has 3 nitrogen and oxygen atoms in total. The van der Waals surface area contributed by atoms with Gasteiger partial charge in [0.2, 0.25) is 0 Å². The van der Waals surface area contributed by atoms with Crippen LogP contribution < -0.4 is 4.90 Å². The van der Waals surface area contributed by atoms with Gasteiger partial charge in [0.1, 0.15) is 6.61 Å². The van der Waals surface area contributed by atoms with E-state index in [2.05, 4.69) is 15.9 Å². The molecule has 19 heavy (non-hydrogen) atoms. The van der Waals surface area contributed by atoms with E-state index in [-0.39, 0.29) is 30.3 Å². The Hall–Kier alpha value is -1.08.